The van der Waals surface area contributed by atoms with E-state index < -0.39 is 11.9 Å². The van der Waals surface area contributed by atoms with E-state index in [1.54, 1.807) is 25.1 Å². The van der Waals surface area contributed by atoms with Gasteiger partial charge in [-0.1, -0.05) is 44.0 Å². The zero-order valence-electron chi connectivity index (χ0n) is 16.6. The van der Waals surface area contributed by atoms with Gasteiger partial charge >= 0.3 is 5.97 Å². The number of aromatic nitrogens is 2. The molecule has 1 unspecified atom stereocenters. The van der Waals surface area contributed by atoms with Crippen LogP contribution in [0.3, 0.4) is 0 Å². The Morgan fingerprint density at radius 1 is 1.24 bits per heavy atom. The second-order valence-corrected chi connectivity index (χ2v) is 7.18. The van der Waals surface area contributed by atoms with E-state index in [9.17, 15) is 9.18 Å². The van der Waals surface area contributed by atoms with E-state index in [2.05, 4.69) is 22.0 Å². The lowest BCUT2D eigenvalue weighted by atomic mass is 9.95. The zero-order chi connectivity index (χ0) is 21.0. The number of nitrogens with one attached hydrogen (secondary N) is 1. The van der Waals surface area contributed by atoms with Crippen LogP contribution in [0.15, 0.2) is 42.5 Å². The molecule has 0 fully saturated rings. The van der Waals surface area contributed by atoms with Crippen LogP contribution in [-0.2, 0) is 4.79 Å². The van der Waals surface area contributed by atoms with Crippen molar-refractivity contribution in [2.45, 2.75) is 39.2 Å². The van der Waals surface area contributed by atoms with E-state index in [4.69, 9.17) is 9.84 Å². The van der Waals surface area contributed by atoms with E-state index in [-0.39, 0.29) is 24.4 Å². The molecule has 2 aromatic carbocycles. The maximum Gasteiger partial charge on any atom is 0.304 e. The van der Waals surface area contributed by atoms with Crippen LogP contribution in [0.25, 0.3) is 10.9 Å². The summed E-state index contributed by atoms with van der Waals surface area (Å²) in [7, 11) is 0. The summed E-state index contributed by atoms with van der Waals surface area (Å²) in [6.07, 6.45) is -0.431. The Bertz CT molecular complexity index is 1060. The number of carboxylic acids is 1. The van der Waals surface area contributed by atoms with E-state index >= 15 is 0 Å². The summed E-state index contributed by atoms with van der Waals surface area (Å²) in [6.45, 7) is 5.71. The highest BCUT2D eigenvalue weighted by Crippen LogP contribution is 2.34. The molecule has 0 spiro atoms. The van der Waals surface area contributed by atoms with Crippen LogP contribution in [0, 0.1) is 23.7 Å². The first kappa shape index (κ1) is 20.4. The minimum atomic E-state index is -0.895. The largest absolute Gasteiger partial charge is 0.485 e. The maximum atomic E-state index is 14.2. The molecule has 3 aromatic rings. The third kappa shape index (κ3) is 4.57. The Kier molecular flexibility index (Phi) is 6.18. The molecule has 5 nitrogen and oxygen atoms in total. The Balaban J connectivity index is 1.89. The number of fused-ring (bicyclic) bond motifs is 1. The number of hydrogen-bond donors (Lipinski definition) is 2. The van der Waals surface area contributed by atoms with Crippen molar-refractivity contribution in [2.24, 2.45) is 5.92 Å². The molecule has 150 valence electrons. The lowest BCUT2D eigenvalue weighted by molar-refractivity contribution is -0.137. The first-order valence-corrected chi connectivity index (χ1v) is 9.43. The minimum Gasteiger partial charge on any atom is -0.485 e. The van der Waals surface area contributed by atoms with Gasteiger partial charge < -0.3 is 9.84 Å². The van der Waals surface area contributed by atoms with Crippen LogP contribution in [0.2, 0.25) is 0 Å². The lowest BCUT2D eigenvalue weighted by Gasteiger charge is -2.24. The van der Waals surface area contributed by atoms with Crippen molar-refractivity contribution >= 4 is 16.9 Å². The van der Waals surface area contributed by atoms with Gasteiger partial charge in [0.25, 0.3) is 0 Å². The third-order valence-electron chi connectivity index (χ3n) is 4.73. The molecule has 0 saturated carbocycles. The van der Waals surface area contributed by atoms with Crippen molar-refractivity contribution in [1.29, 1.82) is 0 Å². The summed E-state index contributed by atoms with van der Waals surface area (Å²) >= 11 is 0. The molecule has 0 amide bonds. The SMILES string of the molecule is CC#CC(CC(=O)O)c1ccc(O[C@H](c2cccc3[nH]nc(F)c23)C(C)C)cc1. The summed E-state index contributed by atoms with van der Waals surface area (Å²) in [5, 5.41) is 15.9. The Hall–Kier alpha value is -3.33. The Morgan fingerprint density at radius 2 is 1.97 bits per heavy atom. The first-order valence-electron chi connectivity index (χ1n) is 9.43. The van der Waals surface area contributed by atoms with Gasteiger partial charge in [0.05, 0.1) is 23.2 Å². The number of H-pyrrole nitrogens is 1. The summed E-state index contributed by atoms with van der Waals surface area (Å²) in [4.78, 5) is 11.1. The fourth-order valence-corrected chi connectivity index (χ4v) is 3.38. The normalized spacial score (nSPS) is 13.0. The Morgan fingerprint density at radius 3 is 2.59 bits per heavy atom. The van der Waals surface area contributed by atoms with E-state index in [0.29, 0.717) is 16.7 Å². The summed E-state index contributed by atoms with van der Waals surface area (Å²) in [5.41, 5.74) is 2.17. The molecular weight excluding hydrogens is 371 g/mol. The molecule has 0 aliphatic heterocycles. The molecule has 2 atom stereocenters. The van der Waals surface area contributed by atoms with Gasteiger partial charge in [0.15, 0.2) is 0 Å². The number of carboxylic acid groups (broad SMARTS) is 1. The molecule has 6 heteroatoms. The van der Waals surface area contributed by atoms with E-state index in [1.165, 1.54) is 0 Å². The molecule has 0 aliphatic carbocycles. The number of rotatable bonds is 7. The van der Waals surface area contributed by atoms with Gasteiger partial charge in [-0.25, -0.2) is 0 Å². The van der Waals surface area contributed by atoms with Gasteiger partial charge in [0, 0.05) is 5.56 Å². The molecule has 0 bridgehead atoms. The Labute approximate surface area is 168 Å². The van der Waals surface area contributed by atoms with Crippen molar-refractivity contribution in [3.05, 3.63) is 59.5 Å². The van der Waals surface area contributed by atoms with E-state index in [1.807, 2.05) is 38.1 Å². The van der Waals surface area contributed by atoms with Gasteiger partial charge in [-0.3, -0.25) is 9.89 Å². The predicted octanol–water partition coefficient (Wildman–Crippen LogP) is 5.06. The van der Waals surface area contributed by atoms with Crippen molar-refractivity contribution in [1.82, 2.24) is 10.2 Å². The van der Waals surface area contributed by atoms with Crippen molar-refractivity contribution in [3.63, 3.8) is 0 Å². The second-order valence-electron chi connectivity index (χ2n) is 7.18. The van der Waals surface area contributed by atoms with Crippen LogP contribution in [0.1, 0.15) is 50.3 Å². The standard InChI is InChI=1S/C23H23FN2O3/c1-4-6-16(13-20(27)28)15-9-11-17(12-10-15)29-22(14(2)3)18-7-5-8-19-21(18)23(24)26-25-19/h5,7-12,14,16,22H,13H2,1-3H3,(H,25,26)(H,27,28)/t16?,22-/m0/s1. The molecule has 1 heterocycles. The number of nitrogens with zero attached hydrogens (tertiary/aromatic N) is 1. The van der Waals surface area contributed by atoms with Crippen molar-refractivity contribution in [3.8, 4) is 17.6 Å². The highest BCUT2D eigenvalue weighted by atomic mass is 19.1. The second kappa shape index (κ2) is 8.78. The van der Waals surface area contributed by atoms with Gasteiger partial charge in [0.1, 0.15) is 11.9 Å². The quantitative estimate of drug-likeness (QED) is 0.549. The first-order chi connectivity index (χ1) is 13.9. The highest BCUT2D eigenvalue weighted by Gasteiger charge is 2.23. The molecule has 2 N–H and O–H groups in total. The molecule has 29 heavy (non-hydrogen) atoms. The fraction of sp³-hybridized carbons (Fsp3) is 0.304. The van der Waals surface area contributed by atoms with Crippen molar-refractivity contribution < 1.29 is 19.0 Å². The number of benzene rings is 2. The van der Waals surface area contributed by atoms with Crippen LogP contribution in [0.5, 0.6) is 5.75 Å². The number of aliphatic carboxylic acids is 1. The average Bonchev–Trinajstić information content (AvgIpc) is 3.07. The third-order valence-corrected chi connectivity index (χ3v) is 4.73. The van der Waals surface area contributed by atoms with E-state index in [0.717, 1.165) is 11.1 Å². The minimum absolute atomic E-state index is 0.0581. The van der Waals surface area contributed by atoms with Gasteiger partial charge in [-0.2, -0.15) is 4.39 Å². The van der Waals surface area contributed by atoms with Crippen LogP contribution >= 0.6 is 0 Å². The number of ether oxygens (including phenoxy) is 1. The predicted molar refractivity (Wildman–Crippen MR) is 109 cm³/mol. The zero-order valence-corrected chi connectivity index (χ0v) is 16.6. The maximum absolute atomic E-state index is 14.2. The summed E-state index contributed by atoms with van der Waals surface area (Å²) in [6, 6.07) is 12.7. The summed E-state index contributed by atoms with van der Waals surface area (Å²) in [5.74, 6) is 4.61. The fourth-order valence-electron chi connectivity index (χ4n) is 3.38. The number of halogens is 1. The number of hydrogen-bond acceptors (Lipinski definition) is 3. The van der Waals surface area contributed by atoms with Crippen molar-refractivity contribution in [2.75, 3.05) is 0 Å². The molecule has 0 aliphatic rings. The monoisotopic (exact) mass is 394 g/mol. The van der Waals surface area contributed by atoms with Crippen LogP contribution < -0.4 is 4.74 Å². The number of carbonyl (C=O) groups is 1. The average molecular weight is 394 g/mol. The molecule has 1 aromatic heterocycles. The van der Waals surface area contributed by atoms with Gasteiger partial charge in [-0.15, -0.1) is 11.0 Å². The highest BCUT2D eigenvalue weighted by molar-refractivity contribution is 5.82. The summed E-state index contributed by atoms with van der Waals surface area (Å²) < 4.78 is 20.4. The molecule has 0 saturated heterocycles. The molecular formula is C23H23FN2O3. The molecule has 3 rings (SSSR count). The smallest absolute Gasteiger partial charge is 0.304 e. The topological polar surface area (TPSA) is 75.2 Å². The number of aromatic amines is 1. The van der Waals surface area contributed by atoms with Gasteiger partial charge in [-0.05, 0) is 36.6 Å². The molecule has 0 radical (unpaired) electrons. The lowest BCUT2D eigenvalue weighted by Crippen LogP contribution is -2.15. The van der Waals surface area contributed by atoms with Gasteiger partial charge in [0.2, 0.25) is 5.95 Å². The van der Waals surface area contributed by atoms with Crippen LogP contribution in [0.4, 0.5) is 4.39 Å². The van der Waals surface area contributed by atoms with Crippen LogP contribution in [-0.4, -0.2) is 21.3 Å².